The first kappa shape index (κ1) is 19.7. The van der Waals surface area contributed by atoms with Gasteiger partial charge in [-0.2, -0.15) is 0 Å². The SMILES string of the molecule is CCOc1ccc(NS(=O)(=O)c2cccc(C(=O)NCCCN)c2)cc1. The highest BCUT2D eigenvalue weighted by atomic mass is 32.2. The summed E-state index contributed by atoms with van der Waals surface area (Å²) in [6.07, 6.45) is 0.656. The topological polar surface area (TPSA) is 111 Å². The van der Waals surface area contributed by atoms with Gasteiger partial charge in [-0.05, 0) is 62.4 Å². The Morgan fingerprint density at radius 2 is 1.88 bits per heavy atom. The van der Waals surface area contributed by atoms with Crippen LogP contribution in [0.2, 0.25) is 0 Å². The van der Waals surface area contributed by atoms with Gasteiger partial charge in [-0.3, -0.25) is 9.52 Å². The fourth-order valence-electron chi connectivity index (χ4n) is 2.21. The third-order valence-corrected chi connectivity index (χ3v) is 4.87. The largest absolute Gasteiger partial charge is 0.494 e. The van der Waals surface area contributed by atoms with E-state index in [4.69, 9.17) is 10.5 Å². The van der Waals surface area contributed by atoms with Crippen LogP contribution in [0.15, 0.2) is 53.4 Å². The number of carbonyl (C=O) groups is 1. The lowest BCUT2D eigenvalue weighted by molar-refractivity contribution is 0.0953. The van der Waals surface area contributed by atoms with Crippen molar-refractivity contribution < 1.29 is 17.9 Å². The molecule has 0 atom stereocenters. The van der Waals surface area contributed by atoms with E-state index in [0.717, 1.165) is 0 Å². The average molecular weight is 377 g/mol. The monoisotopic (exact) mass is 377 g/mol. The molecule has 0 spiro atoms. The number of anilines is 1. The number of sulfonamides is 1. The third-order valence-electron chi connectivity index (χ3n) is 3.49. The second-order valence-corrected chi connectivity index (χ2v) is 7.17. The van der Waals surface area contributed by atoms with Gasteiger partial charge < -0.3 is 15.8 Å². The number of nitrogens with one attached hydrogen (secondary N) is 2. The normalized spacial score (nSPS) is 11.0. The molecule has 7 nitrogen and oxygen atoms in total. The molecule has 0 aliphatic rings. The number of amides is 1. The van der Waals surface area contributed by atoms with Crippen molar-refractivity contribution in [1.29, 1.82) is 0 Å². The highest BCUT2D eigenvalue weighted by molar-refractivity contribution is 7.92. The summed E-state index contributed by atoms with van der Waals surface area (Å²) in [5.41, 5.74) is 6.07. The van der Waals surface area contributed by atoms with Gasteiger partial charge in [0.25, 0.3) is 15.9 Å². The van der Waals surface area contributed by atoms with Gasteiger partial charge >= 0.3 is 0 Å². The first-order valence-electron chi connectivity index (χ1n) is 8.30. The predicted molar refractivity (Wildman–Crippen MR) is 101 cm³/mol. The van der Waals surface area contributed by atoms with Crippen molar-refractivity contribution in [1.82, 2.24) is 5.32 Å². The fraction of sp³-hybridized carbons (Fsp3) is 0.278. The van der Waals surface area contributed by atoms with E-state index < -0.39 is 10.0 Å². The molecule has 2 aromatic rings. The zero-order valence-corrected chi connectivity index (χ0v) is 15.4. The molecule has 0 radical (unpaired) electrons. The van der Waals surface area contributed by atoms with E-state index in [2.05, 4.69) is 10.0 Å². The van der Waals surface area contributed by atoms with E-state index in [-0.39, 0.29) is 16.4 Å². The molecular weight excluding hydrogens is 354 g/mol. The van der Waals surface area contributed by atoms with Crippen LogP contribution in [-0.4, -0.2) is 34.0 Å². The van der Waals surface area contributed by atoms with Crippen LogP contribution in [0.4, 0.5) is 5.69 Å². The maximum Gasteiger partial charge on any atom is 0.261 e. The van der Waals surface area contributed by atoms with Crippen molar-refractivity contribution in [3.05, 3.63) is 54.1 Å². The number of hydrogen-bond acceptors (Lipinski definition) is 5. The summed E-state index contributed by atoms with van der Waals surface area (Å²) in [5, 5.41) is 2.70. The molecule has 0 heterocycles. The van der Waals surface area contributed by atoms with Crippen molar-refractivity contribution in [2.24, 2.45) is 5.73 Å². The summed E-state index contributed by atoms with van der Waals surface area (Å²) in [6.45, 7) is 3.32. The van der Waals surface area contributed by atoms with Crippen LogP contribution in [0.5, 0.6) is 5.75 Å². The van der Waals surface area contributed by atoms with Gasteiger partial charge in [0.1, 0.15) is 5.75 Å². The lowest BCUT2D eigenvalue weighted by atomic mass is 10.2. The van der Waals surface area contributed by atoms with Crippen molar-refractivity contribution in [2.75, 3.05) is 24.4 Å². The number of benzene rings is 2. The zero-order valence-electron chi connectivity index (χ0n) is 14.6. The van der Waals surface area contributed by atoms with Gasteiger partial charge in [-0.1, -0.05) is 6.07 Å². The van der Waals surface area contributed by atoms with Gasteiger partial charge in [0.05, 0.1) is 11.5 Å². The van der Waals surface area contributed by atoms with Crippen LogP contribution in [0.1, 0.15) is 23.7 Å². The number of rotatable bonds is 9. The Bertz CT molecular complexity index is 836. The summed E-state index contributed by atoms with van der Waals surface area (Å²) in [6, 6.07) is 12.5. The smallest absolute Gasteiger partial charge is 0.261 e. The zero-order chi connectivity index (χ0) is 19.0. The molecule has 140 valence electrons. The van der Waals surface area contributed by atoms with Crippen molar-refractivity contribution in [3.63, 3.8) is 0 Å². The third kappa shape index (κ3) is 5.47. The minimum absolute atomic E-state index is 0.0119. The summed E-state index contributed by atoms with van der Waals surface area (Å²) < 4.78 is 32.9. The summed E-state index contributed by atoms with van der Waals surface area (Å²) in [5.74, 6) is 0.322. The highest BCUT2D eigenvalue weighted by Crippen LogP contribution is 2.20. The number of hydrogen-bond donors (Lipinski definition) is 3. The molecule has 0 bridgehead atoms. The van der Waals surface area contributed by atoms with E-state index >= 15 is 0 Å². The molecule has 0 fully saturated rings. The molecule has 0 aliphatic carbocycles. The van der Waals surface area contributed by atoms with Gasteiger partial charge in [0.2, 0.25) is 0 Å². The van der Waals surface area contributed by atoms with Gasteiger partial charge in [-0.25, -0.2) is 8.42 Å². The summed E-state index contributed by atoms with van der Waals surface area (Å²) in [7, 11) is -3.81. The Kier molecular flexibility index (Phi) is 6.99. The lowest BCUT2D eigenvalue weighted by Gasteiger charge is -2.10. The van der Waals surface area contributed by atoms with Crippen LogP contribution in [0, 0.1) is 0 Å². The molecular formula is C18H23N3O4S. The number of ether oxygens (including phenoxy) is 1. The first-order valence-corrected chi connectivity index (χ1v) is 9.78. The molecule has 2 rings (SSSR count). The van der Waals surface area contributed by atoms with Gasteiger partial charge in [0, 0.05) is 17.8 Å². The van der Waals surface area contributed by atoms with Crippen LogP contribution >= 0.6 is 0 Å². The standard InChI is InChI=1S/C18H23N3O4S/c1-2-25-16-9-7-15(8-10-16)21-26(23,24)17-6-3-5-14(13-17)18(22)20-12-4-11-19/h3,5-10,13,21H,2,4,11-12,19H2,1H3,(H,20,22). The maximum absolute atomic E-state index is 12.6. The fourth-order valence-corrected chi connectivity index (χ4v) is 3.31. The van der Waals surface area contributed by atoms with Crippen molar-refractivity contribution in [3.8, 4) is 5.75 Å². The summed E-state index contributed by atoms with van der Waals surface area (Å²) in [4.78, 5) is 12.1. The van der Waals surface area contributed by atoms with Gasteiger partial charge in [0.15, 0.2) is 0 Å². The van der Waals surface area contributed by atoms with Crippen LogP contribution in [0.3, 0.4) is 0 Å². The second-order valence-electron chi connectivity index (χ2n) is 5.49. The van der Waals surface area contributed by atoms with E-state index in [0.29, 0.717) is 37.6 Å². The highest BCUT2D eigenvalue weighted by Gasteiger charge is 2.16. The van der Waals surface area contributed by atoms with E-state index in [1.807, 2.05) is 6.92 Å². The van der Waals surface area contributed by atoms with Crippen LogP contribution in [0.25, 0.3) is 0 Å². The first-order chi connectivity index (χ1) is 12.5. The minimum atomic E-state index is -3.81. The second kappa shape index (κ2) is 9.21. The quantitative estimate of drug-likeness (QED) is 0.579. The summed E-state index contributed by atoms with van der Waals surface area (Å²) >= 11 is 0. The molecule has 4 N–H and O–H groups in total. The number of nitrogens with two attached hydrogens (primary N) is 1. The lowest BCUT2D eigenvalue weighted by Crippen LogP contribution is -2.26. The van der Waals surface area contributed by atoms with Crippen LogP contribution < -0.4 is 20.5 Å². The Labute approximate surface area is 153 Å². The van der Waals surface area contributed by atoms with Crippen LogP contribution in [-0.2, 0) is 10.0 Å². The number of carbonyl (C=O) groups excluding carboxylic acids is 1. The van der Waals surface area contributed by atoms with Gasteiger partial charge in [-0.15, -0.1) is 0 Å². The average Bonchev–Trinajstić information content (AvgIpc) is 2.63. The molecule has 2 aromatic carbocycles. The molecule has 8 heteroatoms. The molecule has 0 aromatic heterocycles. The van der Waals surface area contributed by atoms with E-state index in [1.54, 1.807) is 30.3 Å². The maximum atomic E-state index is 12.6. The molecule has 0 unspecified atom stereocenters. The van der Waals surface area contributed by atoms with Crippen molar-refractivity contribution in [2.45, 2.75) is 18.2 Å². The molecule has 26 heavy (non-hydrogen) atoms. The van der Waals surface area contributed by atoms with Crippen molar-refractivity contribution >= 4 is 21.6 Å². The van der Waals surface area contributed by atoms with E-state index in [9.17, 15) is 13.2 Å². The van der Waals surface area contributed by atoms with E-state index in [1.165, 1.54) is 18.2 Å². The Balaban J connectivity index is 2.13. The molecule has 0 saturated carbocycles. The minimum Gasteiger partial charge on any atom is -0.494 e. The molecule has 0 saturated heterocycles. The Morgan fingerprint density at radius 3 is 2.54 bits per heavy atom. The molecule has 1 amide bonds. The predicted octanol–water partition coefficient (Wildman–Crippen LogP) is 1.96. The Morgan fingerprint density at radius 1 is 1.15 bits per heavy atom. The molecule has 0 aliphatic heterocycles. The Hall–Kier alpha value is -2.58.